The Morgan fingerprint density at radius 3 is 2.62 bits per heavy atom. The summed E-state index contributed by atoms with van der Waals surface area (Å²) in [6.45, 7) is -0.371. The maximum Gasteiger partial charge on any atom is 0.341 e. The van der Waals surface area contributed by atoms with Gasteiger partial charge in [-0.25, -0.2) is 4.79 Å². The van der Waals surface area contributed by atoms with E-state index in [0.717, 1.165) is 0 Å². The van der Waals surface area contributed by atoms with Gasteiger partial charge in [0.2, 0.25) is 0 Å². The highest BCUT2D eigenvalue weighted by Gasteiger charge is 2.01. The fourth-order valence-electron chi connectivity index (χ4n) is 0.701. The van der Waals surface area contributed by atoms with Gasteiger partial charge >= 0.3 is 29.0 Å². The number of hydrogen-bond acceptors (Lipinski definition) is 2. The van der Waals surface area contributed by atoms with Gasteiger partial charge in [-0.1, -0.05) is 23.7 Å². The minimum absolute atomic E-state index is 0. The molecule has 0 aliphatic carbocycles. The summed E-state index contributed by atoms with van der Waals surface area (Å²) in [5, 5.41) is 8.71. The van der Waals surface area contributed by atoms with E-state index in [1.54, 1.807) is 24.3 Å². The Balaban J connectivity index is 0.00000144. The van der Waals surface area contributed by atoms with Crippen LogP contribution in [0.4, 0.5) is 0 Å². The van der Waals surface area contributed by atoms with Crippen LogP contribution in [0.25, 0.3) is 0 Å². The zero-order valence-corrected chi connectivity index (χ0v) is 6.91. The van der Waals surface area contributed by atoms with E-state index < -0.39 is 5.97 Å². The molecule has 0 saturated carbocycles. The fourth-order valence-corrected chi connectivity index (χ4v) is 0.892. The van der Waals surface area contributed by atoms with Crippen LogP contribution in [0.1, 0.15) is 0 Å². The van der Waals surface area contributed by atoms with Crippen molar-refractivity contribution in [1.82, 2.24) is 0 Å². The number of carboxylic acid groups (broad SMARTS) is 1. The average molecular weight is 213 g/mol. The Kier molecular flexibility index (Phi) is 5.86. The monoisotopic (exact) mass is 212 g/mol. The minimum atomic E-state index is -1.02. The minimum Gasteiger partial charge on any atom is -0.480 e. The van der Waals surface area contributed by atoms with Gasteiger partial charge in [0, 0.05) is 0 Å². The molecule has 0 fully saturated rings. The molecule has 0 aliphatic heterocycles. The molecule has 0 aromatic heterocycles. The number of benzene rings is 1. The van der Waals surface area contributed by atoms with E-state index in [1.807, 2.05) is 0 Å². The zero-order valence-electron chi connectivity index (χ0n) is 6.16. The van der Waals surface area contributed by atoms with Crippen LogP contribution < -0.4 is 4.74 Å². The second-order valence-corrected chi connectivity index (χ2v) is 2.52. The van der Waals surface area contributed by atoms with Crippen LogP contribution in [0.3, 0.4) is 0 Å². The van der Waals surface area contributed by atoms with Crippen molar-refractivity contribution in [2.45, 2.75) is 0 Å². The summed E-state index contributed by atoms with van der Waals surface area (Å²) in [4.78, 5) is 10.1. The van der Waals surface area contributed by atoms with Crippen LogP contribution in [0.5, 0.6) is 5.75 Å². The van der Waals surface area contributed by atoms with E-state index in [-0.39, 0.29) is 29.7 Å². The van der Waals surface area contributed by atoms with E-state index in [9.17, 15) is 4.79 Å². The second kappa shape index (κ2) is 6.07. The Bertz CT molecular complexity index is 290. The number of carbonyl (C=O) groups is 1. The van der Waals surface area contributed by atoms with Gasteiger partial charge in [-0.2, -0.15) is 0 Å². The maximum atomic E-state index is 10.1. The lowest BCUT2D eigenvalue weighted by Crippen LogP contribution is -2.09. The lowest BCUT2D eigenvalue weighted by molar-refractivity contribution is -0.139. The van der Waals surface area contributed by atoms with Gasteiger partial charge in [0.15, 0.2) is 6.61 Å². The molecule has 0 radical (unpaired) electrons. The van der Waals surface area contributed by atoms with Crippen LogP contribution in [-0.4, -0.2) is 40.7 Å². The molecular weight excluding hydrogens is 204 g/mol. The number of aliphatic carboxylic acids is 1. The molecular formula is C8H9ClMgO3. The number of carboxylic acids is 1. The Morgan fingerprint density at radius 1 is 1.46 bits per heavy atom. The zero-order chi connectivity index (χ0) is 8.97. The normalized spacial score (nSPS) is 8.69. The van der Waals surface area contributed by atoms with E-state index in [4.69, 9.17) is 21.4 Å². The lowest BCUT2D eigenvalue weighted by atomic mass is 10.3. The largest absolute Gasteiger partial charge is 0.480 e. The highest BCUT2D eigenvalue weighted by Crippen LogP contribution is 2.22. The molecule has 0 saturated heterocycles. The molecule has 0 unspecified atom stereocenters. The summed E-state index contributed by atoms with van der Waals surface area (Å²) in [6.07, 6.45) is 0. The first kappa shape index (κ1) is 12.5. The van der Waals surface area contributed by atoms with Gasteiger partial charge in [0.25, 0.3) is 0 Å². The van der Waals surface area contributed by atoms with Crippen molar-refractivity contribution in [3.05, 3.63) is 29.3 Å². The van der Waals surface area contributed by atoms with Gasteiger partial charge < -0.3 is 9.84 Å². The summed E-state index contributed by atoms with van der Waals surface area (Å²) in [5.41, 5.74) is 0. The summed E-state index contributed by atoms with van der Waals surface area (Å²) >= 11 is 5.69. The third kappa shape index (κ3) is 4.35. The molecule has 5 heteroatoms. The predicted octanol–water partition coefficient (Wildman–Crippen LogP) is 0.887. The highest BCUT2D eigenvalue weighted by atomic mass is 35.5. The SMILES string of the molecule is O=C(O)COc1ccccc1Cl.[MgH2]. The van der Waals surface area contributed by atoms with Crippen molar-refractivity contribution >= 4 is 40.6 Å². The second-order valence-electron chi connectivity index (χ2n) is 2.11. The molecule has 0 atom stereocenters. The summed E-state index contributed by atoms with van der Waals surface area (Å²) in [5.74, 6) is -0.628. The van der Waals surface area contributed by atoms with Gasteiger partial charge in [0.05, 0.1) is 5.02 Å². The van der Waals surface area contributed by atoms with Crippen LogP contribution >= 0.6 is 11.6 Å². The molecule has 0 aliphatic rings. The average Bonchev–Trinajstić information content (AvgIpc) is 2.03. The molecule has 1 aromatic carbocycles. The number of halogens is 1. The third-order valence-corrected chi connectivity index (χ3v) is 1.50. The molecule has 3 nitrogen and oxygen atoms in total. The molecule has 68 valence electrons. The van der Waals surface area contributed by atoms with Crippen molar-refractivity contribution in [2.24, 2.45) is 0 Å². The van der Waals surface area contributed by atoms with Crippen LogP contribution in [0.15, 0.2) is 24.3 Å². The van der Waals surface area contributed by atoms with Gasteiger partial charge in [-0.15, -0.1) is 0 Å². The van der Waals surface area contributed by atoms with E-state index in [1.165, 1.54) is 0 Å². The Hall–Kier alpha value is -0.454. The first-order chi connectivity index (χ1) is 5.70. The summed E-state index contributed by atoms with van der Waals surface area (Å²) in [6, 6.07) is 6.73. The van der Waals surface area contributed by atoms with Crippen LogP contribution in [0.2, 0.25) is 5.02 Å². The molecule has 1 rings (SSSR count). The van der Waals surface area contributed by atoms with E-state index in [0.29, 0.717) is 10.8 Å². The van der Waals surface area contributed by atoms with Crippen molar-refractivity contribution in [2.75, 3.05) is 6.61 Å². The van der Waals surface area contributed by atoms with Crippen molar-refractivity contribution in [3.63, 3.8) is 0 Å². The number of para-hydroxylation sites is 1. The lowest BCUT2D eigenvalue weighted by Gasteiger charge is -2.03. The topological polar surface area (TPSA) is 46.5 Å². The van der Waals surface area contributed by atoms with Crippen molar-refractivity contribution in [3.8, 4) is 5.75 Å². The molecule has 0 heterocycles. The predicted molar refractivity (Wildman–Crippen MR) is 53.1 cm³/mol. The first-order valence-electron chi connectivity index (χ1n) is 3.29. The smallest absolute Gasteiger partial charge is 0.341 e. The summed E-state index contributed by atoms with van der Waals surface area (Å²) < 4.78 is 4.87. The van der Waals surface area contributed by atoms with Gasteiger partial charge in [-0.3, -0.25) is 0 Å². The van der Waals surface area contributed by atoms with Gasteiger partial charge in [0.1, 0.15) is 5.75 Å². The molecule has 0 amide bonds. The maximum absolute atomic E-state index is 10.1. The van der Waals surface area contributed by atoms with Crippen molar-refractivity contribution in [1.29, 1.82) is 0 Å². The fraction of sp³-hybridized carbons (Fsp3) is 0.125. The van der Waals surface area contributed by atoms with Gasteiger partial charge in [-0.05, 0) is 12.1 Å². The van der Waals surface area contributed by atoms with E-state index in [2.05, 4.69) is 0 Å². The first-order valence-corrected chi connectivity index (χ1v) is 3.67. The Labute approximate surface area is 96.8 Å². The molecule has 0 spiro atoms. The quantitative estimate of drug-likeness (QED) is 0.758. The molecule has 0 bridgehead atoms. The van der Waals surface area contributed by atoms with Crippen molar-refractivity contribution < 1.29 is 14.6 Å². The Morgan fingerprint density at radius 2 is 2.08 bits per heavy atom. The van der Waals surface area contributed by atoms with E-state index >= 15 is 0 Å². The van der Waals surface area contributed by atoms with Crippen LogP contribution in [0, 0.1) is 0 Å². The third-order valence-electron chi connectivity index (χ3n) is 1.19. The standard InChI is InChI=1S/C8H7ClO3.Mg.2H/c9-6-3-1-2-4-7(6)12-5-8(10)11;;;/h1-4H,5H2,(H,10,11);;;. The number of hydrogen-bond donors (Lipinski definition) is 1. The highest BCUT2D eigenvalue weighted by molar-refractivity contribution is 6.32. The number of ether oxygens (including phenoxy) is 1. The molecule has 1 N–H and O–H groups in total. The molecule has 1 aromatic rings. The summed E-state index contributed by atoms with van der Waals surface area (Å²) in [7, 11) is 0. The number of rotatable bonds is 3. The molecule has 13 heavy (non-hydrogen) atoms. The van der Waals surface area contributed by atoms with Crippen LogP contribution in [-0.2, 0) is 4.79 Å².